The van der Waals surface area contributed by atoms with Gasteiger partial charge in [-0.05, 0) is 12.5 Å². The van der Waals surface area contributed by atoms with Crippen molar-refractivity contribution >= 4 is 11.7 Å². The number of aryl methyl sites for hydroxylation is 1. The highest BCUT2D eigenvalue weighted by molar-refractivity contribution is 5.87. The van der Waals surface area contributed by atoms with Gasteiger partial charge >= 0.3 is 5.69 Å². The van der Waals surface area contributed by atoms with E-state index in [1.165, 1.54) is 11.5 Å². The first-order valence-corrected chi connectivity index (χ1v) is 4.98. The Hall–Kier alpha value is -1.65. The van der Waals surface area contributed by atoms with Gasteiger partial charge in [-0.3, -0.25) is 9.36 Å². The third kappa shape index (κ3) is 3.53. The maximum atomic E-state index is 11.4. The van der Waals surface area contributed by atoms with E-state index in [0.717, 1.165) is 12.8 Å². The van der Waals surface area contributed by atoms with Crippen LogP contribution in [-0.2, 0) is 11.3 Å². The molecule has 1 rings (SSSR count). The van der Waals surface area contributed by atoms with E-state index in [2.05, 4.69) is 17.2 Å². The molecule has 0 spiro atoms. The molecule has 82 valence electrons. The van der Waals surface area contributed by atoms with E-state index < -0.39 is 0 Å². The third-order valence-corrected chi connectivity index (χ3v) is 1.93. The minimum atomic E-state index is -0.324. The standard InChI is InChI=1S/C10H15N3O2/c1-3-4-6-13-7-5-9(11-8(2)14)12-10(13)15/h5,7H,3-4,6H2,1-2H3,(H,11,12,14,15). The first kappa shape index (κ1) is 11.4. The largest absolute Gasteiger partial charge is 0.349 e. The van der Waals surface area contributed by atoms with Crippen LogP contribution in [0.25, 0.3) is 0 Å². The van der Waals surface area contributed by atoms with Gasteiger partial charge in [-0.1, -0.05) is 13.3 Å². The number of nitrogens with one attached hydrogen (secondary N) is 1. The number of carbonyl (C=O) groups is 1. The van der Waals surface area contributed by atoms with Crippen LogP contribution in [0.1, 0.15) is 26.7 Å². The monoisotopic (exact) mass is 209 g/mol. The van der Waals surface area contributed by atoms with Gasteiger partial charge in [-0.2, -0.15) is 4.98 Å². The van der Waals surface area contributed by atoms with Crippen LogP contribution in [0, 0.1) is 0 Å². The van der Waals surface area contributed by atoms with Gasteiger partial charge in [-0.15, -0.1) is 0 Å². The van der Waals surface area contributed by atoms with E-state index in [-0.39, 0.29) is 11.6 Å². The molecule has 1 amide bonds. The number of carbonyl (C=O) groups excluding carboxylic acids is 1. The zero-order valence-corrected chi connectivity index (χ0v) is 8.99. The number of aromatic nitrogens is 2. The molecule has 15 heavy (non-hydrogen) atoms. The Kier molecular flexibility index (Phi) is 4.03. The lowest BCUT2D eigenvalue weighted by molar-refractivity contribution is -0.114. The SMILES string of the molecule is CCCCn1ccc(NC(C)=O)nc1=O. The average Bonchev–Trinajstić information content (AvgIpc) is 2.15. The normalized spacial score (nSPS) is 10.0. The second-order valence-electron chi connectivity index (χ2n) is 3.32. The molecule has 1 N–H and O–H groups in total. The van der Waals surface area contributed by atoms with Crippen molar-refractivity contribution in [1.82, 2.24) is 9.55 Å². The van der Waals surface area contributed by atoms with Crippen molar-refractivity contribution in [1.29, 1.82) is 0 Å². The fourth-order valence-corrected chi connectivity index (χ4v) is 1.18. The molecule has 0 atom stereocenters. The van der Waals surface area contributed by atoms with Crippen LogP contribution in [0.15, 0.2) is 17.1 Å². The maximum Gasteiger partial charge on any atom is 0.349 e. The van der Waals surface area contributed by atoms with E-state index in [4.69, 9.17) is 0 Å². The molecule has 0 aliphatic rings. The topological polar surface area (TPSA) is 64.0 Å². The lowest BCUT2D eigenvalue weighted by Crippen LogP contribution is -2.24. The van der Waals surface area contributed by atoms with Crippen molar-refractivity contribution < 1.29 is 4.79 Å². The van der Waals surface area contributed by atoms with Crippen LogP contribution >= 0.6 is 0 Å². The van der Waals surface area contributed by atoms with Crippen molar-refractivity contribution in [2.45, 2.75) is 33.2 Å². The van der Waals surface area contributed by atoms with Gasteiger partial charge in [0.05, 0.1) is 0 Å². The molecule has 0 aliphatic heterocycles. The number of nitrogens with zero attached hydrogens (tertiary/aromatic N) is 2. The molecular formula is C10H15N3O2. The second-order valence-corrected chi connectivity index (χ2v) is 3.32. The molecule has 0 aromatic carbocycles. The molecule has 5 nitrogen and oxygen atoms in total. The van der Waals surface area contributed by atoms with Crippen molar-refractivity contribution in [3.8, 4) is 0 Å². The molecule has 0 saturated carbocycles. The highest BCUT2D eigenvalue weighted by Gasteiger charge is 2.00. The maximum absolute atomic E-state index is 11.4. The van der Waals surface area contributed by atoms with Crippen LogP contribution < -0.4 is 11.0 Å². The summed E-state index contributed by atoms with van der Waals surface area (Å²) >= 11 is 0. The van der Waals surface area contributed by atoms with Gasteiger partial charge in [-0.25, -0.2) is 4.79 Å². The zero-order valence-electron chi connectivity index (χ0n) is 8.99. The molecule has 0 saturated heterocycles. The van der Waals surface area contributed by atoms with E-state index in [0.29, 0.717) is 12.4 Å². The van der Waals surface area contributed by atoms with Crippen LogP contribution in [0.3, 0.4) is 0 Å². The van der Waals surface area contributed by atoms with Crippen LogP contribution in [0.4, 0.5) is 5.82 Å². The fourth-order valence-electron chi connectivity index (χ4n) is 1.18. The summed E-state index contributed by atoms with van der Waals surface area (Å²) in [6, 6.07) is 1.62. The Morgan fingerprint density at radius 2 is 2.33 bits per heavy atom. The average molecular weight is 209 g/mol. The molecule has 0 fully saturated rings. The predicted octanol–water partition coefficient (Wildman–Crippen LogP) is 1.00. The van der Waals surface area contributed by atoms with E-state index in [1.54, 1.807) is 12.3 Å². The van der Waals surface area contributed by atoms with Gasteiger partial charge in [0.25, 0.3) is 0 Å². The number of amides is 1. The first-order valence-electron chi connectivity index (χ1n) is 4.98. The highest BCUT2D eigenvalue weighted by atomic mass is 16.2. The van der Waals surface area contributed by atoms with Crippen molar-refractivity contribution in [3.63, 3.8) is 0 Å². The Morgan fingerprint density at radius 1 is 1.60 bits per heavy atom. The molecule has 0 radical (unpaired) electrons. The summed E-state index contributed by atoms with van der Waals surface area (Å²) in [4.78, 5) is 25.9. The zero-order chi connectivity index (χ0) is 11.3. The summed E-state index contributed by atoms with van der Waals surface area (Å²) in [6.45, 7) is 4.11. The number of anilines is 1. The molecule has 5 heteroatoms. The summed E-state index contributed by atoms with van der Waals surface area (Å²) in [5.74, 6) is 0.0773. The molecule has 0 unspecified atom stereocenters. The number of hydrogen-bond donors (Lipinski definition) is 1. The Morgan fingerprint density at radius 3 is 2.87 bits per heavy atom. The summed E-state index contributed by atoms with van der Waals surface area (Å²) in [5.41, 5.74) is -0.324. The van der Waals surface area contributed by atoms with E-state index >= 15 is 0 Å². The lowest BCUT2D eigenvalue weighted by atomic mass is 10.3. The van der Waals surface area contributed by atoms with Gasteiger partial charge in [0.15, 0.2) is 0 Å². The number of unbranched alkanes of at least 4 members (excludes halogenated alkanes) is 1. The lowest BCUT2D eigenvalue weighted by Gasteiger charge is -2.05. The molecule has 0 aliphatic carbocycles. The second kappa shape index (κ2) is 5.29. The van der Waals surface area contributed by atoms with Gasteiger partial charge in [0, 0.05) is 19.7 Å². The van der Waals surface area contributed by atoms with Crippen LogP contribution in [-0.4, -0.2) is 15.5 Å². The minimum absolute atomic E-state index is 0.229. The Labute approximate surface area is 88.1 Å². The van der Waals surface area contributed by atoms with Crippen molar-refractivity contribution in [3.05, 3.63) is 22.7 Å². The van der Waals surface area contributed by atoms with Crippen molar-refractivity contribution in [2.24, 2.45) is 0 Å². The van der Waals surface area contributed by atoms with E-state index in [1.807, 2.05) is 0 Å². The summed E-state index contributed by atoms with van der Waals surface area (Å²) < 4.78 is 1.54. The smallest absolute Gasteiger partial charge is 0.311 e. The summed E-state index contributed by atoms with van der Waals surface area (Å²) in [6.07, 6.45) is 3.62. The minimum Gasteiger partial charge on any atom is -0.311 e. The molecule has 1 heterocycles. The van der Waals surface area contributed by atoms with Gasteiger partial charge < -0.3 is 5.32 Å². The quantitative estimate of drug-likeness (QED) is 0.804. The van der Waals surface area contributed by atoms with Crippen LogP contribution in [0.2, 0.25) is 0 Å². The van der Waals surface area contributed by atoms with Crippen molar-refractivity contribution in [2.75, 3.05) is 5.32 Å². The molecule has 1 aromatic rings. The van der Waals surface area contributed by atoms with E-state index in [9.17, 15) is 9.59 Å². The van der Waals surface area contributed by atoms with Gasteiger partial charge in [0.2, 0.25) is 5.91 Å². The van der Waals surface area contributed by atoms with Crippen LogP contribution in [0.5, 0.6) is 0 Å². The number of hydrogen-bond acceptors (Lipinski definition) is 3. The molecular weight excluding hydrogens is 194 g/mol. The highest BCUT2D eigenvalue weighted by Crippen LogP contribution is 1.98. The summed E-state index contributed by atoms with van der Waals surface area (Å²) in [7, 11) is 0. The molecule has 0 bridgehead atoms. The number of rotatable bonds is 4. The Bertz CT molecular complexity index is 398. The van der Waals surface area contributed by atoms with Gasteiger partial charge in [0.1, 0.15) is 5.82 Å². The molecule has 1 aromatic heterocycles. The fraction of sp³-hybridized carbons (Fsp3) is 0.500. The third-order valence-electron chi connectivity index (χ3n) is 1.93. The first-order chi connectivity index (χ1) is 7.13. The Balaban J connectivity index is 2.79. The summed E-state index contributed by atoms with van der Waals surface area (Å²) in [5, 5.41) is 2.47. The predicted molar refractivity (Wildman–Crippen MR) is 57.7 cm³/mol.